The van der Waals surface area contributed by atoms with Crippen LogP contribution in [0.1, 0.15) is 5.56 Å². The van der Waals surface area contributed by atoms with Crippen LogP contribution in [0.5, 0.6) is 11.5 Å². The molecule has 0 radical (unpaired) electrons. The van der Waals surface area contributed by atoms with Crippen molar-refractivity contribution in [1.29, 1.82) is 0 Å². The summed E-state index contributed by atoms with van der Waals surface area (Å²) in [5, 5.41) is 17.3. The number of hydrogen-bond acceptors (Lipinski definition) is 13. The van der Waals surface area contributed by atoms with E-state index in [-0.39, 0.29) is 13.2 Å². The molecular formula is C29H53NO12. The van der Waals surface area contributed by atoms with Crippen molar-refractivity contribution in [2.45, 2.75) is 6.54 Å². The highest BCUT2D eigenvalue weighted by atomic mass is 16.6. The Kier molecular flexibility index (Phi) is 26.9. The molecule has 1 rings (SSSR count). The predicted octanol–water partition coefficient (Wildman–Crippen LogP) is 0.623. The maximum absolute atomic E-state index is 8.65. The summed E-state index contributed by atoms with van der Waals surface area (Å²) in [5.74, 6) is 1.52. The number of aliphatic hydroxyl groups excluding tert-OH is 2. The van der Waals surface area contributed by atoms with Gasteiger partial charge < -0.3 is 57.6 Å². The Balaban J connectivity index is 2.26. The van der Waals surface area contributed by atoms with E-state index in [4.69, 9.17) is 57.6 Å². The summed E-state index contributed by atoms with van der Waals surface area (Å²) in [5.41, 5.74) is 1.05. The second-order valence-electron chi connectivity index (χ2n) is 8.80. The van der Waals surface area contributed by atoms with Crippen LogP contribution in [0, 0.1) is 0 Å². The molecule has 0 spiro atoms. The standard InChI is InChI=1S/C29H53NO12/c1-33-28-4-3-27(29(25-28)34-2)26-30(5-9-35-13-17-39-21-23-41-19-15-37-11-7-31)6-10-36-14-18-40-22-24-42-20-16-38-12-8-32/h3-4,25,31-32H,5-24,26H2,1-2H3. The van der Waals surface area contributed by atoms with Crippen LogP contribution < -0.4 is 9.47 Å². The molecule has 1 aromatic carbocycles. The van der Waals surface area contributed by atoms with E-state index in [1.165, 1.54) is 0 Å². The van der Waals surface area contributed by atoms with Crippen molar-refractivity contribution in [2.75, 3.05) is 146 Å². The van der Waals surface area contributed by atoms with Gasteiger partial charge in [-0.15, -0.1) is 0 Å². The van der Waals surface area contributed by atoms with Gasteiger partial charge in [0.15, 0.2) is 0 Å². The number of methoxy groups -OCH3 is 2. The highest BCUT2D eigenvalue weighted by molar-refractivity contribution is 5.40. The zero-order valence-electron chi connectivity index (χ0n) is 25.5. The Morgan fingerprint density at radius 2 is 0.881 bits per heavy atom. The highest BCUT2D eigenvalue weighted by Crippen LogP contribution is 2.25. The van der Waals surface area contributed by atoms with E-state index in [0.717, 1.165) is 17.1 Å². The number of hydrogen-bond donors (Lipinski definition) is 2. The van der Waals surface area contributed by atoms with Gasteiger partial charge in [0.2, 0.25) is 0 Å². The summed E-state index contributed by atoms with van der Waals surface area (Å²) in [7, 11) is 3.29. The third kappa shape index (κ3) is 22.0. The first-order valence-corrected chi connectivity index (χ1v) is 14.5. The maximum Gasteiger partial charge on any atom is 0.127 e. The quantitative estimate of drug-likeness (QED) is 0.111. The first-order valence-electron chi connectivity index (χ1n) is 14.5. The van der Waals surface area contributed by atoms with E-state index in [1.807, 2.05) is 18.2 Å². The van der Waals surface area contributed by atoms with Gasteiger partial charge in [-0.3, -0.25) is 4.90 Å². The molecule has 0 amide bonds. The van der Waals surface area contributed by atoms with Gasteiger partial charge >= 0.3 is 0 Å². The second kappa shape index (κ2) is 29.5. The molecule has 0 saturated carbocycles. The summed E-state index contributed by atoms with van der Waals surface area (Å²) < 4.78 is 54.6. The van der Waals surface area contributed by atoms with Crippen molar-refractivity contribution in [1.82, 2.24) is 4.90 Å². The van der Waals surface area contributed by atoms with Crippen LogP contribution in [0.2, 0.25) is 0 Å². The molecular weight excluding hydrogens is 554 g/mol. The van der Waals surface area contributed by atoms with Gasteiger partial charge in [0.1, 0.15) is 11.5 Å². The zero-order chi connectivity index (χ0) is 30.4. The monoisotopic (exact) mass is 607 g/mol. The number of rotatable bonds is 32. The van der Waals surface area contributed by atoms with Gasteiger partial charge in [0.05, 0.1) is 133 Å². The number of benzene rings is 1. The lowest BCUT2D eigenvalue weighted by molar-refractivity contribution is -0.0117. The number of nitrogens with zero attached hydrogens (tertiary/aromatic N) is 1. The van der Waals surface area contributed by atoms with E-state index >= 15 is 0 Å². The molecule has 0 atom stereocenters. The zero-order valence-corrected chi connectivity index (χ0v) is 25.5. The summed E-state index contributed by atoms with van der Waals surface area (Å²) in [6.45, 7) is 9.66. The average molecular weight is 608 g/mol. The molecule has 2 N–H and O–H groups in total. The van der Waals surface area contributed by atoms with Gasteiger partial charge in [0.25, 0.3) is 0 Å². The van der Waals surface area contributed by atoms with Gasteiger partial charge in [-0.2, -0.15) is 0 Å². The molecule has 0 aliphatic heterocycles. The minimum absolute atomic E-state index is 0.0163. The first-order chi connectivity index (χ1) is 20.7. The Bertz CT molecular complexity index is 685. The van der Waals surface area contributed by atoms with E-state index < -0.39 is 0 Å². The van der Waals surface area contributed by atoms with Gasteiger partial charge in [-0.25, -0.2) is 0 Å². The van der Waals surface area contributed by atoms with E-state index in [1.54, 1.807) is 14.2 Å². The van der Waals surface area contributed by atoms with Crippen molar-refractivity contribution in [2.24, 2.45) is 0 Å². The molecule has 0 unspecified atom stereocenters. The Morgan fingerprint density at radius 1 is 0.500 bits per heavy atom. The fraction of sp³-hybridized carbons (Fsp3) is 0.793. The smallest absolute Gasteiger partial charge is 0.127 e. The molecule has 0 heterocycles. The Hall–Kier alpha value is -1.62. The molecule has 0 aliphatic rings. The number of ether oxygens (including phenoxy) is 10. The third-order valence-electron chi connectivity index (χ3n) is 5.70. The third-order valence-corrected chi connectivity index (χ3v) is 5.70. The molecule has 246 valence electrons. The summed E-state index contributed by atoms with van der Waals surface area (Å²) >= 11 is 0. The fourth-order valence-corrected chi connectivity index (χ4v) is 3.53. The second-order valence-corrected chi connectivity index (χ2v) is 8.80. The van der Waals surface area contributed by atoms with Crippen LogP contribution in [0.25, 0.3) is 0 Å². The van der Waals surface area contributed by atoms with E-state index in [0.29, 0.717) is 125 Å². The van der Waals surface area contributed by atoms with E-state index in [9.17, 15) is 0 Å². The molecule has 13 heteroatoms. The predicted molar refractivity (Wildman–Crippen MR) is 156 cm³/mol. The summed E-state index contributed by atoms with van der Waals surface area (Å²) in [6.07, 6.45) is 0. The lowest BCUT2D eigenvalue weighted by Crippen LogP contribution is -2.31. The molecule has 42 heavy (non-hydrogen) atoms. The molecule has 0 aliphatic carbocycles. The molecule has 0 aromatic heterocycles. The molecule has 0 bridgehead atoms. The molecule has 0 fully saturated rings. The number of aliphatic hydroxyl groups is 2. The minimum Gasteiger partial charge on any atom is -0.497 e. The SMILES string of the molecule is COc1ccc(CN(CCOCCOCCOCCOCCO)CCOCCOCCOCCOCCO)c(OC)c1. The van der Waals surface area contributed by atoms with Crippen LogP contribution in [0.3, 0.4) is 0 Å². The summed E-state index contributed by atoms with van der Waals surface area (Å²) in [6, 6.07) is 5.82. The normalized spacial score (nSPS) is 11.5. The molecule has 1 aromatic rings. The topological polar surface area (TPSA) is 136 Å². The molecule has 0 saturated heterocycles. The minimum atomic E-state index is 0.0163. The average Bonchev–Trinajstić information content (AvgIpc) is 3.01. The maximum atomic E-state index is 8.65. The van der Waals surface area contributed by atoms with Crippen molar-refractivity contribution in [3.05, 3.63) is 23.8 Å². The first kappa shape index (κ1) is 38.4. The van der Waals surface area contributed by atoms with E-state index in [2.05, 4.69) is 4.90 Å². The Morgan fingerprint density at radius 3 is 1.24 bits per heavy atom. The van der Waals surface area contributed by atoms with Crippen LogP contribution in [0.15, 0.2) is 18.2 Å². The van der Waals surface area contributed by atoms with Crippen LogP contribution in [-0.4, -0.2) is 161 Å². The largest absolute Gasteiger partial charge is 0.497 e. The van der Waals surface area contributed by atoms with Crippen LogP contribution >= 0.6 is 0 Å². The lowest BCUT2D eigenvalue weighted by atomic mass is 10.1. The fourth-order valence-electron chi connectivity index (χ4n) is 3.53. The molecule has 13 nitrogen and oxygen atoms in total. The van der Waals surface area contributed by atoms with Crippen molar-refractivity contribution in [3.8, 4) is 11.5 Å². The van der Waals surface area contributed by atoms with Gasteiger partial charge in [0, 0.05) is 31.3 Å². The van der Waals surface area contributed by atoms with Gasteiger partial charge in [-0.05, 0) is 6.07 Å². The highest BCUT2D eigenvalue weighted by Gasteiger charge is 2.11. The van der Waals surface area contributed by atoms with Crippen LogP contribution in [-0.2, 0) is 44.4 Å². The van der Waals surface area contributed by atoms with Crippen LogP contribution in [0.4, 0.5) is 0 Å². The Labute approximate surface area is 250 Å². The summed E-state index contributed by atoms with van der Waals surface area (Å²) in [4.78, 5) is 2.26. The lowest BCUT2D eigenvalue weighted by Gasteiger charge is -2.23. The van der Waals surface area contributed by atoms with Crippen molar-refractivity contribution in [3.63, 3.8) is 0 Å². The van der Waals surface area contributed by atoms with Crippen molar-refractivity contribution < 1.29 is 57.6 Å². The van der Waals surface area contributed by atoms with Gasteiger partial charge in [-0.1, -0.05) is 6.07 Å². The van der Waals surface area contributed by atoms with Crippen molar-refractivity contribution >= 4 is 0 Å².